The van der Waals surface area contributed by atoms with Crippen LogP contribution in [0.4, 0.5) is 5.69 Å². The van der Waals surface area contributed by atoms with Crippen molar-refractivity contribution in [2.45, 2.75) is 13.0 Å². The maximum atomic E-state index is 5.78. The molecule has 0 unspecified atom stereocenters. The number of fused-ring (bicyclic) bond motifs is 1. The van der Waals surface area contributed by atoms with Crippen molar-refractivity contribution in [1.29, 1.82) is 0 Å². The van der Waals surface area contributed by atoms with Crippen LogP contribution in [0.25, 0.3) is 10.9 Å². The van der Waals surface area contributed by atoms with Gasteiger partial charge in [0.25, 0.3) is 0 Å². The van der Waals surface area contributed by atoms with Crippen LogP contribution in [0.5, 0.6) is 0 Å². The fourth-order valence-electron chi connectivity index (χ4n) is 2.27. The number of imidazole rings is 1. The highest BCUT2D eigenvalue weighted by Gasteiger charge is 2.03. The Balaban J connectivity index is 1.85. The van der Waals surface area contributed by atoms with Gasteiger partial charge in [-0.3, -0.25) is 0 Å². The largest absolute Gasteiger partial charge is 0.399 e. The molecule has 0 bridgehead atoms. The summed E-state index contributed by atoms with van der Waals surface area (Å²) < 4.78 is 4.30. The lowest BCUT2D eigenvalue weighted by molar-refractivity contribution is 0.668. The maximum absolute atomic E-state index is 5.78. The molecule has 18 heavy (non-hydrogen) atoms. The SMILES string of the molecule is Cn1ccnc1CCn1ccc2cc(N)ccc21. The highest BCUT2D eigenvalue weighted by Crippen LogP contribution is 2.19. The summed E-state index contributed by atoms with van der Waals surface area (Å²) in [5.74, 6) is 1.10. The molecule has 0 saturated carbocycles. The predicted octanol–water partition coefficient (Wildman–Crippen LogP) is 2.20. The summed E-state index contributed by atoms with van der Waals surface area (Å²) >= 11 is 0. The fraction of sp³-hybridized carbons (Fsp3) is 0.214. The first-order chi connectivity index (χ1) is 8.74. The van der Waals surface area contributed by atoms with Crippen LogP contribution < -0.4 is 5.73 Å². The first-order valence-electron chi connectivity index (χ1n) is 6.04. The van der Waals surface area contributed by atoms with Gasteiger partial charge in [0.2, 0.25) is 0 Å². The average Bonchev–Trinajstić information content (AvgIpc) is 2.93. The Labute approximate surface area is 106 Å². The van der Waals surface area contributed by atoms with Gasteiger partial charge in [0.15, 0.2) is 0 Å². The van der Waals surface area contributed by atoms with Crippen LogP contribution in [0.15, 0.2) is 42.9 Å². The number of anilines is 1. The van der Waals surface area contributed by atoms with Crippen LogP contribution in [0.3, 0.4) is 0 Å². The Hall–Kier alpha value is -2.23. The highest BCUT2D eigenvalue weighted by atomic mass is 15.0. The van der Waals surface area contributed by atoms with E-state index in [-0.39, 0.29) is 0 Å². The van der Waals surface area contributed by atoms with Crippen molar-refractivity contribution in [3.05, 3.63) is 48.7 Å². The molecule has 2 N–H and O–H groups in total. The van der Waals surface area contributed by atoms with E-state index in [0.29, 0.717) is 0 Å². The van der Waals surface area contributed by atoms with Crippen molar-refractivity contribution in [3.8, 4) is 0 Å². The number of benzene rings is 1. The third-order valence-corrected chi connectivity index (χ3v) is 3.29. The minimum Gasteiger partial charge on any atom is -0.399 e. The molecule has 0 aliphatic carbocycles. The number of aryl methyl sites for hydroxylation is 3. The third kappa shape index (κ3) is 1.86. The van der Waals surface area contributed by atoms with Gasteiger partial charge in [0.1, 0.15) is 5.82 Å². The lowest BCUT2D eigenvalue weighted by Crippen LogP contribution is -2.04. The Bertz CT molecular complexity index is 678. The van der Waals surface area contributed by atoms with Crippen molar-refractivity contribution in [1.82, 2.24) is 14.1 Å². The number of hydrogen-bond acceptors (Lipinski definition) is 2. The van der Waals surface area contributed by atoms with Crippen LogP contribution >= 0.6 is 0 Å². The molecule has 0 amide bonds. The number of rotatable bonds is 3. The monoisotopic (exact) mass is 240 g/mol. The molecule has 0 saturated heterocycles. The summed E-state index contributed by atoms with van der Waals surface area (Å²) in [5.41, 5.74) is 7.81. The first-order valence-corrected chi connectivity index (χ1v) is 6.04. The minimum absolute atomic E-state index is 0.810. The molecular formula is C14H16N4. The van der Waals surface area contributed by atoms with E-state index in [0.717, 1.165) is 24.5 Å². The smallest absolute Gasteiger partial charge is 0.110 e. The topological polar surface area (TPSA) is 48.8 Å². The van der Waals surface area contributed by atoms with Gasteiger partial charge in [-0.25, -0.2) is 4.98 Å². The average molecular weight is 240 g/mol. The van der Waals surface area contributed by atoms with Gasteiger partial charge in [-0.15, -0.1) is 0 Å². The normalized spacial score (nSPS) is 11.2. The van der Waals surface area contributed by atoms with Crippen molar-refractivity contribution in [2.24, 2.45) is 7.05 Å². The zero-order chi connectivity index (χ0) is 12.5. The van der Waals surface area contributed by atoms with Crippen molar-refractivity contribution in [3.63, 3.8) is 0 Å². The number of aromatic nitrogens is 3. The predicted molar refractivity (Wildman–Crippen MR) is 73.3 cm³/mol. The first kappa shape index (κ1) is 10.9. The van der Waals surface area contributed by atoms with Crippen LogP contribution in [0, 0.1) is 0 Å². The molecule has 92 valence electrons. The zero-order valence-electron chi connectivity index (χ0n) is 10.4. The molecule has 2 aromatic heterocycles. The van der Waals surface area contributed by atoms with Gasteiger partial charge in [0.05, 0.1) is 0 Å². The summed E-state index contributed by atoms with van der Waals surface area (Å²) in [7, 11) is 2.02. The Morgan fingerprint density at radius 2 is 2.11 bits per heavy atom. The van der Waals surface area contributed by atoms with Gasteiger partial charge >= 0.3 is 0 Å². The van der Waals surface area contributed by atoms with E-state index >= 15 is 0 Å². The van der Waals surface area contributed by atoms with E-state index in [9.17, 15) is 0 Å². The van der Waals surface area contributed by atoms with Gasteiger partial charge in [0, 0.05) is 55.2 Å². The number of nitrogen functional groups attached to an aromatic ring is 1. The number of nitrogens with zero attached hydrogens (tertiary/aromatic N) is 3. The maximum Gasteiger partial charge on any atom is 0.110 e. The van der Waals surface area contributed by atoms with Crippen molar-refractivity contribution < 1.29 is 0 Å². The summed E-state index contributed by atoms with van der Waals surface area (Å²) in [6, 6.07) is 8.12. The molecular weight excluding hydrogens is 224 g/mol. The van der Waals surface area contributed by atoms with Crippen LogP contribution in [0.1, 0.15) is 5.82 Å². The molecule has 3 rings (SSSR count). The molecule has 2 heterocycles. The molecule has 0 fully saturated rings. The van der Waals surface area contributed by atoms with Crippen LogP contribution in [-0.2, 0) is 20.0 Å². The second-order valence-corrected chi connectivity index (χ2v) is 4.53. The van der Waals surface area contributed by atoms with E-state index in [1.165, 1.54) is 10.9 Å². The molecule has 0 radical (unpaired) electrons. The second-order valence-electron chi connectivity index (χ2n) is 4.53. The quantitative estimate of drug-likeness (QED) is 0.713. The third-order valence-electron chi connectivity index (χ3n) is 3.29. The lowest BCUT2D eigenvalue weighted by Gasteiger charge is -2.06. The molecule has 0 spiro atoms. The Morgan fingerprint density at radius 1 is 1.22 bits per heavy atom. The lowest BCUT2D eigenvalue weighted by atomic mass is 10.2. The van der Waals surface area contributed by atoms with E-state index in [2.05, 4.69) is 32.4 Å². The minimum atomic E-state index is 0.810. The van der Waals surface area contributed by atoms with Crippen LogP contribution in [0.2, 0.25) is 0 Å². The molecule has 4 nitrogen and oxygen atoms in total. The van der Waals surface area contributed by atoms with Gasteiger partial charge < -0.3 is 14.9 Å². The van der Waals surface area contributed by atoms with Gasteiger partial charge in [-0.1, -0.05) is 0 Å². The summed E-state index contributed by atoms with van der Waals surface area (Å²) in [6.07, 6.45) is 6.85. The summed E-state index contributed by atoms with van der Waals surface area (Å²) in [5, 5.41) is 1.19. The van der Waals surface area contributed by atoms with E-state index in [1.807, 2.05) is 31.6 Å². The van der Waals surface area contributed by atoms with Gasteiger partial charge in [-0.05, 0) is 24.3 Å². The van der Waals surface area contributed by atoms with E-state index in [1.54, 1.807) is 0 Å². The van der Waals surface area contributed by atoms with Crippen molar-refractivity contribution in [2.75, 3.05) is 5.73 Å². The molecule has 1 aromatic carbocycles. The Morgan fingerprint density at radius 3 is 2.89 bits per heavy atom. The number of hydrogen-bond donors (Lipinski definition) is 1. The van der Waals surface area contributed by atoms with Crippen LogP contribution in [-0.4, -0.2) is 14.1 Å². The molecule has 3 aromatic rings. The van der Waals surface area contributed by atoms with Gasteiger partial charge in [-0.2, -0.15) is 0 Å². The molecule has 0 aliphatic heterocycles. The second kappa shape index (κ2) is 4.22. The zero-order valence-corrected chi connectivity index (χ0v) is 10.4. The Kier molecular flexibility index (Phi) is 2.55. The highest BCUT2D eigenvalue weighted by molar-refractivity contribution is 5.83. The van der Waals surface area contributed by atoms with E-state index < -0.39 is 0 Å². The molecule has 0 atom stereocenters. The fourth-order valence-corrected chi connectivity index (χ4v) is 2.27. The summed E-state index contributed by atoms with van der Waals surface area (Å²) in [4.78, 5) is 4.34. The number of nitrogens with two attached hydrogens (primary N) is 1. The molecule has 4 heteroatoms. The standard InChI is InChI=1S/C14H16N4/c1-17-9-6-16-14(17)5-8-18-7-4-11-10-12(15)2-3-13(11)18/h2-4,6-7,9-10H,5,8,15H2,1H3. The van der Waals surface area contributed by atoms with E-state index in [4.69, 9.17) is 5.73 Å². The van der Waals surface area contributed by atoms with Crippen molar-refractivity contribution >= 4 is 16.6 Å². The molecule has 0 aliphatic rings. The summed E-state index contributed by atoms with van der Waals surface area (Å²) in [6.45, 7) is 0.929.